The van der Waals surface area contributed by atoms with E-state index in [0.717, 1.165) is 34.5 Å². The van der Waals surface area contributed by atoms with Gasteiger partial charge in [-0.05, 0) is 39.0 Å². The van der Waals surface area contributed by atoms with Crippen LogP contribution >= 0.6 is 0 Å². The molecule has 1 unspecified atom stereocenters. The standard InChI is InChI=1S/C18H21N3O3S.C3H6O.Na/c1-13-16(19-9-8-17(13)24-11-5-10-23-2)12-25(22)18-20-14-6-3-4-7-15(14)21-18;1-3(2)4;/h3-4,6-9H,5,10-12H2,1-2H3,(H,20,21);1-2H3;. The molecule has 0 amide bonds. The third-order valence-electron chi connectivity index (χ3n) is 3.86. The fourth-order valence-electron chi connectivity index (χ4n) is 2.48. The third-order valence-corrected chi connectivity index (χ3v) is 5.02. The van der Waals surface area contributed by atoms with Crippen LogP contribution in [0.4, 0.5) is 0 Å². The topological polar surface area (TPSA) is 94.2 Å². The Morgan fingerprint density at radius 3 is 2.53 bits per heavy atom. The van der Waals surface area contributed by atoms with E-state index < -0.39 is 10.8 Å². The summed E-state index contributed by atoms with van der Waals surface area (Å²) in [6.45, 7) is 6.22. The fraction of sp³-hybridized carbons (Fsp3) is 0.381. The van der Waals surface area contributed by atoms with Gasteiger partial charge in [-0.25, -0.2) is 4.98 Å². The van der Waals surface area contributed by atoms with E-state index in [0.29, 0.717) is 24.1 Å². The average molecular weight is 441 g/mol. The zero-order valence-electron chi connectivity index (χ0n) is 18.2. The molecule has 0 saturated heterocycles. The number of Topliss-reactive ketones (excluding diaryl/α,β-unsaturated/α-hetero) is 1. The van der Waals surface area contributed by atoms with Gasteiger partial charge in [0, 0.05) is 61.5 Å². The minimum atomic E-state index is -1.30. The van der Waals surface area contributed by atoms with E-state index in [9.17, 15) is 9.00 Å². The van der Waals surface area contributed by atoms with Crippen LogP contribution in [-0.2, 0) is 26.1 Å². The van der Waals surface area contributed by atoms with Gasteiger partial charge in [0.1, 0.15) is 11.5 Å². The summed E-state index contributed by atoms with van der Waals surface area (Å²) in [5, 5.41) is 0.466. The molecule has 30 heavy (non-hydrogen) atoms. The Hall–Kier alpha value is -1.58. The van der Waals surface area contributed by atoms with Crippen molar-refractivity contribution < 1.29 is 18.5 Å². The van der Waals surface area contributed by atoms with Gasteiger partial charge in [0.05, 0.1) is 39.9 Å². The number of ether oxygens (including phenoxy) is 2. The number of pyridine rings is 1. The second-order valence-electron chi connectivity index (χ2n) is 6.53. The van der Waals surface area contributed by atoms with Gasteiger partial charge < -0.3 is 19.3 Å². The summed E-state index contributed by atoms with van der Waals surface area (Å²) in [6, 6.07) is 9.47. The predicted octanol–water partition coefficient (Wildman–Crippen LogP) is 3.20. The number of aromatic amines is 1. The zero-order chi connectivity index (χ0) is 21.2. The summed E-state index contributed by atoms with van der Waals surface area (Å²) >= 11 is 0. The molecule has 3 rings (SSSR count). The predicted molar refractivity (Wildman–Crippen MR) is 119 cm³/mol. The van der Waals surface area contributed by atoms with Crippen molar-refractivity contribution in [1.29, 1.82) is 0 Å². The van der Waals surface area contributed by atoms with Crippen LogP contribution in [0.15, 0.2) is 41.7 Å². The molecule has 0 spiro atoms. The van der Waals surface area contributed by atoms with Crippen LogP contribution in [0.2, 0.25) is 0 Å². The van der Waals surface area contributed by atoms with Gasteiger partial charge >= 0.3 is 0 Å². The van der Waals surface area contributed by atoms with Gasteiger partial charge in [0.15, 0.2) is 5.16 Å². The van der Waals surface area contributed by atoms with Gasteiger partial charge in [-0.3, -0.25) is 9.19 Å². The van der Waals surface area contributed by atoms with Crippen LogP contribution < -0.4 is 4.74 Å². The van der Waals surface area contributed by atoms with Crippen molar-refractivity contribution in [3.63, 3.8) is 0 Å². The molecule has 2 heterocycles. The van der Waals surface area contributed by atoms with Crippen LogP contribution in [0.1, 0.15) is 31.5 Å². The minimum absolute atomic E-state index is 0. The number of ketones is 1. The molecular weight excluding hydrogens is 413 g/mol. The smallest absolute Gasteiger partial charge is 0.197 e. The molecule has 1 N–H and O–H groups in total. The van der Waals surface area contributed by atoms with Crippen LogP contribution in [0.3, 0.4) is 0 Å². The van der Waals surface area contributed by atoms with E-state index in [1.54, 1.807) is 13.3 Å². The maximum Gasteiger partial charge on any atom is 0.197 e. The van der Waals surface area contributed by atoms with E-state index >= 15 is 0 Å². The Kier molecular flexibility index (Phi) is 12.1. The number of carbonyl (C=O) groups excluding carboxylic acids is 1. The number of H-pyrrole nitrogens is 1. The van der Waals surface area contributed by atoms with Gasteiger partial charge in [-0.15, -0.1) is 0 Å². The minimum Gasteiger partial charge on any atom is -0.493 e. The summed E-state index contributed by atoms with van der Waals surface area (Å²) < 4.78 is 23.5. The summed E-state index contributed by atoms with van der Waals surface area (Å²) in [7, 11) is 0.371. The van der Waals surface area contributed by atoms with Crippen LogP contribution in [0.25, 0.3) is 11.0 Å². The molecule has 0 aliphatic carbocycles. The number of para-hydroxylation sites is 2. The van der Waals surface area contributed by atoms with E-state index in [1.165, 1.54) is 13.8 Å². The van der Waals surface area contributed by atoms with Gasteiger partial charge in [-0.1, -0.05) is 12.1 Å². The monoisotopic (exact) mass is 440 g/mol. The van der Waals surface area contributed by atoms with Crippen LogP contribution in [0, 0.1) is 6.92 Å². The van der Waals surface area contributed by atoms with E-state index in [1.807, 2.05) is 37.3 Å². The quantitative estimate of drug-likeness (QED) is 0.427. The van der Waals surface area contributed by atoms with Crippen molar-refractivity contribution in [3.8, 4) is 5.75 Å². The van der Waals surface area contributed by atoms with E-state index in [2.05, 4.69) is 15.0 Å². The molecular formula is C21H27N3NaO4S. The molecule has 3 aromatic rings. The number of carbonyl (C=O) groups is 1. The maximum atomic E-state index is 12.7. The maximum absolute atomic E-state index is 12.7. The summed E-state index contributed by atoms with van der Waals surface area (Å²) in [6.07, 6.45) is 2.50. The van der Waals surface area contributed by atoms with Crippen molar-refractivity contribution in [2.24, 2.45) is 0 Å². The van der Waals surface area contributed by atoms with Crippen molar-refractivity contribution in [1.82, 2.24) is 15.0 Å². The molecule has 157 valence electrons. The Labute approximate surface area is 201 Å². The third kappa shape index (κ3) is 8.28. The number of aromatic nitrogens is 3. The van der Waals surface area contributed by atoms with Crippen molar-refractivity contribution in [3.05, 3.63) is 47.8 Å². The fourth-order valence-corrected chi connectivity index (χ4v) is 3.58. The Bertz CT molecular complexity index is 941. The van der Waals surface area contributed by atoms with Crippen LogP contribution in [0.5, 0.6) is 5.75 Å². The van der Waals surface area contributed by atoms with Gasteiger partial charge in [0.2, 0.25) is 0 Å². The molecule has 9 heteroatoms. The van der Waals surface area contributed by atoms with Crippen LogP contribution in [-0.4, -0.2) is 74.8 Å². The number of imidazole rings is 1. The first-order chi connectivity index (χ1) is 13.9. The molecule has 0 saturated carbocycles. The number of hydrogen-bond acceptors (Lipinski definition) is 6. The molecule has 1 aromatic carbocycles. The van der Waals surface area contributed by atoms with Gasteiger partial charge in [-0.2, -0.15) is 0 Å². The first kappa shape index (κ1) is 26.5. The number of benzene rings is 1. The molecule has 7 nitrogen and oxygen atoms in total. The Balaban J connectivity index is 0.000000827. The molecule has 0 fully saturated rings. The number of rotatable bonds is 8. The zero-order valence-corrected chi connectivity index (χ0v) is 21.0. The number of nitrogens with one attached hydrogen (secondary N) is 1. The molecule has 0 aliphatic heterocycles. The summed E-state index contributed by atoms with van der Waals surface area (Å²) in [5.74, 6) is 1.23. The molecule has 2 aromatic heterocycles. The number of fused-ring (bicyclic) bond motifs is 1. The largest absolute Gasteiger partial charge is 0.493 e. The Morgan fingerprint density at radius 2 is 1.87 bits per heavy atom. The van der Waals surface area contributed by atoms with E-state index in [-0.39, 0.29) is 35.3 Å². The van der Waals surface area contributed by atoms with Crippen molar-refractivity contribution >= 4 is 57.2 Å². The summed E-state index contributed by atoms with van der Waals surface area (Å²) in [4.78, 5) is 21.3. The average Bonchev–Trinajstić information content (AvgIpc) is 3.12. The second-order valence-corrected chi connectivity index (χ2v) is 7.90. The van der Waals surface area contributed by atoms with Crippen molar-refractivity contribution in [2.45, 2.75) is 38.1 Å². The molecule has 1 radical (unpaired) electrons. The first-order valence-electron chi connectivity index (χ1n) is 9.29. The SMILES string of the molecule is CC(C)=O.COCCCOc1ccnc(CS(=O)c2nc3ccccc3[nH]2)c1C.[Na]. The number of methoxy groups -OCH3 is 1. The molecule has 1 atom stereocenters. The van der Waals surface area contributed by atoms with E-state index in [4.69, 9.17) is 9.47 Å². The second kappa shape index (κ2) is 13.7. The van der Waals surface area contributed by atoms with Crippen molar-refractivity contribution in [2.75, 3.05) is 20.3 Å². The first-order valence-corrected chi connectivity index (χ1v) is 10.6. The summed E-state index contributed by atoms with van der Waals surface area (Å²) in [5.41, 5.74) is 3.35. The molecule has 0 aliphatic rings. The van der Waals surface area contributed by atoms with Gasteiger partial charge in [0.25, 0.3) is 0 Å². The number of hydrogen-bond donors (Lipinski definition) is 1. The normalized spacial score (nSPS) is 11.2. The number of nitrogens with zero attached hydrogens (tertiary/aromatic N) is 2. The Morgan fingerprint density at radius 1 is 1.17 bits per heavy atom. The molecule has 0 bridgehead atoms.